The van der Waals surface area contributed by atoms with Gasteiger partial charge in [-0.1, -0.05) is 103 Å². The lowest BCUT2D eigenvalue weighted by atomic mass is 9.93. The number of thioether (sulfide) groups is 2. The van der Waals surface area contributed by atoms with E-state index in [9.17, 15) is 5.11 Å². The highest BCUT2D eigenvalue weighted by molar-refractivity contribution is 8.00. The van der Waals surface area contributed by atoms with Crippen LogP contribution in [0.1, 0.15) is 133 Å². The van der Waals surface area contributed by atoms with E-state index in [1.807, 2.05) is 23.5 Å². The minimum absolute atomic E-state index is 0.0958. The van der Waals surface area contributed by atoms with Crippen molar-refractivity contribution in [1.82, 2.24) is 0 Å². The van der Waals surface area contributed by atoms with Crippen LogP contribution in [-0.4, -0.2) is 35.1 Å². The predicted octanol–water partition coefficient (Wildman–Crippen LogP) is 9.55. The summed E-state index contributed by atoms with van der Waals surface area (Å²) in [5, 5.41) is 11.2. The van der Waals surface area contributed by atoms with Crippen LogP contribution in [0.5, 0.6) is 5.75 Å². The number of hydrogen-bond acceptors (Lipinski definition) is 4. The van der Waals surface area contributed by atoms with Crippen molar-refractivity contribution in [2.24, 2.45) is 0 Å². The molecule has 4 heteroatoms. The third-order valence-corrected chi connectivity index (χ3v) is 9.57. The Hall–Kier alpha value is -0.320. The van der Waals surface area contributed by atoms with Crippen LogP contribution in [-0.2, 0) is 0 Å². The SMILES string of the molecule is CCCCCCCCCCCOc1c(C2CCCC2)cccc1C(SCCC)C(O)CSCC. The number of unbranched alkanes of at least 4 members (excludes halogenated alkanes) is 8. The summed E-state index contributed by atoms with van der Waals surface area (Å²) >= 11 is 3.75. The fourth-order valence-electron chi connectivity index (χ4n) is 5.09. The van der Waals surface area contributed by atoms with Crippen molar-refractivity contribution in [2.45, 2.75) is 128 Å². The molecule has 0 aliphatic heterocycles. The first-order chi connectivity index (χ1) is 16.7. The van der Waals surface area contributed by atoms with Crippen molar-refractivity contribution in [3.05, 3.63) is 29.3 Å². The Balaban J connectivity index is 2.03. The Morgan fingerprint density at radius 1 is 0.912 bits per heavy atom. The molecular weight excluding hydrogens is 456 g/mol. The van der Waals surface area contributed by atoms with E-state index in [1.165, 1.54) is 88.2 Å². The zero-order valence-corrected chi connectivity index (χ0v) is 24.0. The van der Waals surface area contributed by atoms with Crippen LogP contribution < -0.4 is 4.74 Å². The van der Waals surface area contributed by atoms with Crippen LogP contribution in [0.15, 0.2) is 18.2 Å². The largest absolute Gasteiger partial charge is 0.493 e. The minimum Gasteiger partial charge on any atom is -0.493 e. The van der Waals surface area contributed by atoms with E-state index in [2.05, 4.69) is 39.0 Å². The number of para-hydroxylation sites is 1. The molecule has 1 aliphatic carbocycles. The van der Waals surface area contributed by atoms with Gasteiger partial charge in [-0.2, -0.15) is 23.5 Å². The lowest BCUT2D eigenvalue weighted by Gasteiger charge is -2.27. The molecule has 2 unspecified atom stereocenters. The second-order valence-corrected chi connectivity index (χ2v) is 12.5. The van der Waals surface area contributed by atoms with Gasteiger partial charge in [-0.05, 0) is 48.7 Å². The van der Waals surface area contributed by atoms with Gasteiger partial charge in [-0.25, -0.2) is 0 Å². The van der Waals surface area contributed by atoms with Gasteiger partial charge in [0.2, 0.25) is 0 Å². The molecule has 1 aromatic rings. The van der Waals surface area contributed by atoms with Crippen LogP contribution in [0.25, 0.3) is 0 Å². The van der Waals surface area contributed by atoms with Crippen LogP contribution in [0.3, 0.4) is 0 Å². The van der Waals surface area contributed by atoms with Crippen molar-refractivity contribution in [2.75, 3.05) is 23.9 Å². The van der Waals surface area contributed by atoms with Crippen molar-refractivity contribution >= 4 is 23.5 Å². The molecule has 1 fully saturated rings. The van der Waals surface area contributed by atoms with Gasteiger partial charge in [-0.3, -0.25) is 0 Å². The topological polar surface area (TPSA) is 29.5 Å². The maximum Gasteiger partial charge on any atom is 0.127 e. The summed E-state index contributed by atoms with van der Waals surface area (Å²) in [6.07, 6.45) is 18.0. The smallest absolute Gasteiger partial charge is 0.127 e. The third kappa shape index (κ3) is 10.7. The van der Waals surface area contributed by atoms with E-state index in [0.717, 1.165) is 42.5 Å². The molecule has 2 nitrogen and oxygen atoms in total. The lowest BCUT2D eigenvalue weighted by Crippen LogP contribution is -2.21. The molecule has 0 spiro atoms. The number of benzene rings is 1. The summed E-state index contributed by atoms with van der Waals surface area (Å²) in [6, 6.07) is 6.75. The van der Waals surface area contributed by atoms with Gasteiger partial charge in [0.05, 0.1) is 18.0 Å². The van der Waals surface area contributed by atoms with Gasteiger partial charge >= 0.3 is 0 Å². The van der Waals surface area contributed by atoms with Gasteiger partial charge in [0.1, 0.15) is 5.75 Å². The maximum atomic E-state index is 11.1. The van der Waals surface area contributed by atoms with Gasteiger partial charge < -0.3 is 9.84 Å². The highest BCUT2D eigenvalue weighted by Gasteiger charge is 2.29. The molecule has 2 rings (SSSR count). The fourth-order valence-corrected chi connectivity index (χ4v) is 7.05. The molecule has 0 amide bonds. The van der Waals surface area contributed by atoms with Crippen molar-refractivity contribution in [3.8, 4) is 5.75 Å². The van der Waals surface area contributed by atoms with Crippen LogP contribution in [0, 0.1) is 0 Å². The summed E-state index contributed by atoms with van der Waals surface area (Å²) in [5.41, 5.74) is 2.64. The van der Waals surface area contributed by atoms with E-state index in [4.69, 9.17) is 4.74 Å². The standard InChI is InChI=1S/C30H52O2S2/c1-4-7-8-9-10-11-12-13-16-22-32-29-26(25-18-14-15-19-25)20-17-21-27(29)30(34-23-5-2)28(31)24-33-6-3/h17,20-21,25,28,30-31H,4-16,18-19,22-24H2,1-3H3. The molecule has 1 aliphatic rings. The van der Waals surface area contributed by atoms with Gasteiger partial charge in [0, 0.05) is 11.3 Å². The molecule has 196 valence electrons. The molecule has 0 bridgehead atoms. The van der Waals surface area contributed by atoms with Crippen molar-refractivity contribution < 1.29 is 9.84 Å². The second-order valence-electron chi connectivity index (χ2n) is 9.94. The number of aliphatic hydroxyl groups excluding tert-OH is 1. The first kappa shape index (κ1) is 29.9. The molecule has 1 aromatic carbocycles. The molecule has 1 saturated carbocycles. The average Bonchev–Trinajstić information content (AvgIpc) is 3.39. The third-order valence-electron chi connectivity index (χ3n) is 7.02. The molecule has 0 saturated heterocycles. The molecular formula is C30H52O2S2. The number of hydrogen-bond donors (Lipinski definition) is 1. The Labute approximate surface area is 219 Å². The molecule has 0 radical (unpaired) electrons. The first-order valence-electron chi connectivity index (χ1n) is 14.4. The Morgan fingerprint density at radius 2 is 1.59 bits per heavy atom. The highest BCUT2D eigenvalue weighted by Crippen LogP contribution is 2.45. The number of aliphatic hydroxyl groups is 1. The van der Waals surface area contributed by atoms with Gasteiger partial charge in [-0.15, -0.1) is 0 Å². The lowest BCUT2D eigenvalue weighted by molar-refractivity contribution is 0.194. The Kier molecular flexibility index (Phi) is 16.6. The molecule has 0 heterocycles. The normalized spacial score (nSPS) is 16.1. The highest BCUT2D eigenvalue weighted by atomic mass is 32.2. The summed E-state index contributed by atoms with van der Waals surface area (Å²) in [7, 11) is 0. The molecule has 1 N–H and O–H groups in total. The summed E-state index contributed by atoms with van der Waals surface area (Å²) in [6.45, 7) is 7.49. The maximum absolute atomic E-state index is 11.1. The zero-order valence-electron chi connectivity index (χ0n) is 22.4. The predicted molar refractivity (Wildman–Crippen MR) is 155 cm³/mol. The quantitative estimate of drug-likeness (QED) is 0.178. The van der Waals surface area contributed by atoms with Crippen LogP contribution >= 0.6 is 23.5 Å². The van der Waals surface area contributed by atoms with Gasteiger partial charge in [0.15, 0.2) is 0 Å². The van der Waals surface area contributed by atoms with Crippen LogP contribution in [0.2, 0.25) is 0 Å². The zero-order chi connectivity index (χ0) is 24.4. The van der Waals surface area contributed by atoms with E-state index in [-0.39, 0.29) is 11.4 Å². The number of ether oxygens (including phenoxy) is 1. The fraction of sp³-hybridized carbons (Fsp3) is 0.800. The number of rotatable bonds is 20. The van der Waals surface area contributed by atoms with E-state index in [1.54, 1.807) is 0 Å². The molecule has 0 aromatic heterocycles. The minimum atomic E-state index is -0.338. The Bertz CT molecular complexity index is 630. The van der Waals surface area contributed by atoms with Crippen molar-refractivity contribution in [1.29, 1.82) is 0 Å². The van der Waals surface area contributed by atoms with Crippen LogP contribution in [0.4, 0.5) is 0 Å². The van der Waals surface area contributed by atoms with Crippen molar-refractivity contribution in [3.63, 3.8) is 0 Å². The first-order valence-corrected chi connectivity index (χ1v) is 16.6. The Morgan fingerprint density at radius 3 is 2.24 bits per heavy atom. The summed E-state index contributed by atoms with van der Waals surface area (Å²) in [5.74, 6) is 4.65. The summed E-state index contributed by atoms with van der Waals surface area (Å²) < 4.78 is 6.62. The average molecular weight is 509 g/mol. The monoisotopic (exact) mass is 508 g/mol. The van der Waals surface area contributed by atoms with E-state index >= 15 is 0 Å². The van der Waals surface area contributed by atoms with Gasteiger partial charge in [0.25, 0.3) is 0 Å². The van der Waals surface area contributed by atoms with E-state index < -0.39 is 0 Å². The second kappa shape index (κ2) is 18.9. The van der Waals surface area contributed by atoms with E-state index in [0.29, 0.717) is 5.92 Å². The molecule has 34 heavy (non-hydrogen) atoms. The summed E-state index contributed by atoms with van der Waals surface area (Å²) in [4.78, 5) is 0. The molecule has 2 atom stereocenters.